The highest BCUT2D eigenvalue weighted by Crippen LogP contribution is 2.25. The van der Waals surface area contributed by atoms with Gasteiger partial charge in [0.15, 0.2) is 17.7 Å². The quantitative estimate of drug-likeness (QED) is 0.448. The van der Waals surface area contributed by atoms with Crippen LogP contribution in [0.25, 0.3) is 0 Å². The molecule has 1 saturated heterocycles. The number of ketones is 1. The number of ether oxygens (including phenoxy) is 2. The summed E-state index contributed by atoms with van der Waals surface area (Å²) < 4.78 is 50.6. The number of hydrogen-bond donors (Lipinski definition) is 0. The van der Waals surface area contributed by atoms with Crippen molar-refractivity contribution in [2.24, 2.45) is 0 Å². The van der Waals surface area contributed by atoms with E-state index < -0.39 is 45.5 Å². The van der Waals surface area contributed by atoms with Crippen LogP contribution in [0.15, 0.2) is 10.5 Å². The second-order valence-corrected chi connectivity index (χ2v) is 5.69. The fraction of sp³-hybridized carbons (Fsp3) is 0.429. The Balaban J connectivity index is 2.14. The molecule has 1 aromatic rings. The highest BCUT2D eigenvalue weighted by atomic mass is 79.9. The maximum absolute atomic E-state index is 13.8. The lowest BCUT2D eigenvalue weighted by molar-refractivity contribution is 0.0159. The average Bonchev–Trinajstić information content (AvgIpc) is 2.53. The number of amides is 1. The molecule has 1 heterocycles. The van der Waals surface area contributed by atoms with Gasteiger partial charge in [-0.05, 0) is 28.9 Å². The van der Waals surface area contributed by atoms with Crippen molar-refractivity contribution in [3.8, 4) is 0 Å². The van der Waals surface area contributed by atoms with Crippen LogP contribution in [0.4, 0.5) is 18.0 Å². The van der Waals surface area contributed by atoms with Crippen LogP contribution >= 0.6 is 15.9 Å². The van der Waals surface area contributed by atoms with E-state index in [9.17, 15) is 22.8 Å². The number of rotatable bonds is 3. The molecule has 0 radical (unpaired) electrons. The van der Waals surface area contributed by atoms with Crippen molar-refractivity contribution in [2.45, 2.75) is 13.0 Å². The first kappa shape index (κ1) is 17.7. The zero-order chi connectivity index (χ0) is 17.1. The summed E-state index contributed by atoms with van der Waals surface area (Å²) in [6, 6.07) is 0.641. The van der Waals surface area contributed by atoms with E-state index in [1.54, 1.807) is 0 Å². The Morgan fingerprint density at radius 1 is 1.26 bits per heavy atom. The van der Waals surface area contributed by atoms with Crippen LogP contribution < -0.4 is 0 Å². The fourth-order valence-corrected chi connectivity index (χ4v) is 2.40. The van der Waals surface area contributed by atoms with Crippen molar-refractivity contribution in [1.29, 1.82) is 0 Å². The number of halogens is 4. The Labute approximate surface area is 138 Å². The molecule has 1 fully saturated rings. The molecule has 1 atom stereocenters. The van der Waals surface area contributed by atoms with E-state index in [0.717, 1.165) is 0 Å². The third kappa shape index (κ3) is 3.84. The predicted octanol–water partition coefficient (Wildman–Crippen LogP) is 2.91. The molecule has 0 spiro atoms. The molecular formula is C14H13BrF3NO4. The van der Waals surface area contributed by atoms with Crippen molar-refractivity contribution in [3.05, 3.63) is 33.6 Å². The van der Waals surface area contributed by atoms with Crippen molar-refractivity contribution >= 4 is 27.8 Å². The number of morpholine rings is 1. The van der Waals surface area contributed by atoms with Crippen LogP contribution in [-0.2, 0) is 9.47 Å². The Morgan fingerprint density at radius 2 is 1.87 bits per heavy atom. The molecule has 0 bridgehead atoms. The Hall–Kier alpha value is -1.61. The molecule has 0 saturated carbocycles. The van der Waals surface area contributed by atoms with E-state index in [0.29, 0.717) is 19.3 Å². The van der Waals surface area contributed by atoms with Crippen molar-refractivity contribution < 1.29 is 32.2 Å². The lowest BCUT2D eigenvalue weighted by Gasteiger charge is -2.27. The second-order valence-electron chi connectivity index (χ2n) is 4.83. The minimum atomic E-state index is -1.63. The molecule has 5 nitrogen and oxygen atoms in total. The van der Waals surface area contributed by atoms with Gasteiger partial charge in [-0.1, -0.05) is 0 Å². The molecule has 1 aromatic carbocycles. The van der Waals surface area contributed by atoms with E-state index >= 15 is 0 Å². The molecule has 126 valence electrons. The van der Waals surface area contributed by atoms with Crippen LogP contribution in [0.5, 0.6) is 0 Å². The smallest absolute Gasteiger partial charge is 0.410 e. The number of Topliss-reactive ketones (excluding diaryl/α,β-unsaturated/α-hetero) is 1. The number of benzene rings is 1. The summed E-state index contributed by atoms with van der Waals surface area (Å²) in [5.41, 5.74) is -1.08. The molecule has 0 N–H and O–H groups in total. The van der Waals surface area contributed by atoms with Crippen LogP contribution in [0, 0.1) is 17.5 Å². The van der Waals surface area contributed by atoms with Crippen molar-refractivity contribution in [3.63, 3.8) is 0 Å². The number of hydrogen-bond acceptors (Lipinski definition) is 4. The Kier molecular flexibility index (Phi) is 5.64. The highest BCUT2D eigenvalue weighted by molar-refractivity contribution is 9.10. The molecule has 9 heteroatoms. The predicted molar refractivity (Wildman–Crippen MR) is 76.7 cm³/mol. The molecule has 1 aliphatic heterocycles. The number of carbonyl (C=O) groups excluding carboxylic acids is 2. The largest absolute Gasteiger partial charge is 0.438 e. The normalized spacial score (nSPS) is 16.1. The molecule has 0 unspecified atom stereocenters. The fourth-order valence-electron chi connectivity index (χ4n) is 2.02. The van der Waals surface area contributed by atoms with Crippen molar-refractivity contribution in [2.75, 3.05) is 26.3 Å². The van der Waals surface area contributed by atoms with Gasteiger partial charge in [-0.15, -0.1) is 0 Å². The summed E-state index contributed by atoms with van der Waals surface area (Å²) in [5, 5.41) is 0. The number of nitrogens with zero attached hydrogens (tertiary/aromatic N) is 1. The first-order valence-corrected chi connectivity index (χ1v) is 7.52. The van der Waals surface area contributed by atoms with Gasteiger partial charge in [0.2, 0.25) is 5.78 Å². The van der Waals surface area contributed by atoms with Gasteiger partial charge < -0.3 is 14.4 Å². The summed E-state index contributed by atoms with van der Waals surface area (Å²) in [4.78, 5) is 25.3. The molecule has 2 rings (SSSR count). The Morgan fingerprint density at radius 3 is 2.48 bits per heavy atom. The standard InChI is InChI=1S/C14H13BrF3NO4/c1-7(23-14(21)19-2-4-22-5-3-19)13(20)10-9(16)6-8(15)11(17)12(10)18/h6-7H,2-5H2,1H3/t7-/m0/s1. The topological polar surface area (TPSA) is 55.8 Å². The van der Waals surface area contributed by atoms with Gasteiger partial charge in [0, 0.05) is 13.1 Å². The molecule has 0 aliphatic carbocycles. The number of carbonyl (C=O) groups is 2. The second kappa shape index (κ2) is 7.31. The minimum Gasteiger partial charge on any atom is -0.438 e. The average molecular weight is 396 g/mol. The van der Waals surface area contributed by atoms with Crippen molar-refractivity contribution in [1.82, 2.24) is 4.90 Å². The van der Waals surface area contributed by atoms with Crippen LogP contribution in [-0.4, -0.2) is 49.2 Å². The zero-order valence-corrected chi connectivity index (χ0v) is 13.7. The SMILES string of the molecule is C[C@H](OC(=O)N1CCOCC1)C(=O)c1c(F)cc(Br)c(F)c1F. The Bertz CT molecular complexity index is 635. The molecule has 23 heavy (non-hydrogen) atoms. The van der Waals surface area contributed by atoms with Gasteiger partial charge in [-0.25, -0.2) is 18.0 Å². The summed E-state index contributed by atoms with van der Waals surface area (Å²) in [6.45, 7) is 2.40. The lowest BCUT2D eigenvalue weighted by Crippen LogP contribution is -2.43. The first-order chi connectivity index (χ1) is 10.8. The summed E-state index contributed by atoms with van der Waals surface area (Å²) >= 11 is 2.64. The lowest BCUT2D eigenvalue weighted by atomic mass is 10.1. The van der Waals surface area contributed by atoms with Gasteiger partial charge in [-0.2, -0.15) is 0 Å². The van der Waals surface area contributed by atoms with E-state index in [2.05, 4.69) is 15.9 Å². The zero-order valence-electron chi connectivity index (χ0n) is 12.1. The molecule has 0 aromatic heterocycles. The van der Waals surface area contributed by atoms with Gasteiger partial charge in [0.25, 0.3) is 0 Å². The molecule has 1 amide bonds. The van der Waals surface area contributed by atoms with Gasteiger partial charge in [0.05, 0.1) is 23.2 Å². The molecule has 1 aliphatic rings. The summed E-state index contributed by atoms with van der Waals surface area (Å²) in [7, 11) is 0. The highest BCUT2D eigenvalue weighted by Gasteiger charge is 2.30. The third-order valence-corrected chi connectivity index (χ3v) is 3.85. The van der Waals surface area contributed by atoms with Crippen LogP contribution in [0.1, 0.15) is 17.3 Å². The van der Waals surface area contributed by atoms with E-state index in [-0.39, 0.29) is 13.1 Å². The summed E-state index contributed by atoms with van der Waals surface area (Å²) in [5.74, 6) is -5.42. The van der Waals surface area contributed by atoms with E-state index in [1.807, 2.05) is 0 Å². The maximum atomic E-state index is 13.8. The van der Waals surface area contributed by atoms with E-state index in [1.165, 1.54) is 11.8 Å². The van der Waals surface area contributed by atoms with Gasteiger partial charge in [-0.3, -0.25) is 4.79 Å². The monoisotopic (exact) mass is 395 g/mol. The van der Waals surface area contributed by atoms with E-state index in [4.69, 9.17) is 9.47 Å². The summed E-state index contributed by atoms with van der Waals surface area (Å²) in [6.07, 6.45) is -2.26. The minimum absolute atomic E-state index is 0.287. The molecular weight excluding hydrogens is 383 g/mol. The maximum Gasteiger partial charge on any atom is 0.410 e. The van der Waals surface area contributed by atoms with Crippen LogP contribution in [0.2, 0.25) is 0 Å². The van der Waals surface area contributed by atoms with Gasteiger partial charge in [0.1, 0.15) is 5.82 Å². The first-order valence-electron chi connectivity index (χ1n) is 6.73. The van der Waals surface area contributed by atoms with Crippen LogP contribution in [0.3, 0.4) is 0 Å². The third-order valence-electron chi connectivity index (χ3n) is 3.28. The van der Waals surface area contributed by atoms with Gasteiger partial charge >= 0.3 is 6.09 Å².